The van der Waals surface area contributed by atoms with E-state index in [0.717, 1.165) is 0 Å². The quantitative estimate of drug-likeness (QED) is 0.827. The molecule has 0 atom stereocenters. The van der Waals surface area contributed by atoms with E-state index < -0.39 is 5.82 Å². The molecule has 0 bridgehead atoms. The molecular weight excluding hydrogens is 343 g/mol. The van der Waals surface area contributed by atoms with Crippen LogP contribution in [0.25, 0.3) is 10.9 Å². The molecule has 0 aliphatic carbocycles. The van der Waals surface area contributed by atoms with Gasteiger partial charge in [-0.3, -0.25) is 19.2 Å². The highest BCUT2D eigenvalue weighted by molar-refractivity contribution is 9.10. The second-order valence-corrected chi connectivity index (χ2v) is 5.28. The number of aromatic nitrogens is 2. The Labute approximate surface area is 129 Å². The van der Waals surface area contributed by atoms with E-state index in [0.29, 0.717) is 27.6 Å². The van der Waals surface area contributed by atoms with Crippen LogP contribution in [0.3, 0.4) is 0 Å². The molecule has 112 valence electrons. The number of hydrogen-bond donors (Lipinski definition) is 1. The first-order chi connectivity index (χ1) is 9.99. The number of nitrogens with one attached hydrogen (secondary N) is 1. The smallest absolute Gasteiger partial charge is 0.221 e. The van der Waals surface area contributed by atoms with Gasteiger partial charge in [-0.25, -0.2) is 4.39 Å². The summed E-state index contributed by atoms with van der Waals surface area (Å²) in [6.07, 6.45) is 0.733. The van der Waals surface area contributed by atoms with Gasteiger partial charge in [-0.1, -0.05) is 0 Å². The summed E-state index contributed by atoms with van der Waals surface area (Å²) in [5.74, 6) is -0.292. The number of halogens is 2. The number of amides is 2. The van der Waals surface area contributed by atoms with Crippen LogP contribution < -0.4 is 10.2 Å². The van der Waals surface area contributed by atoms with Gasteiger partial charge in [0, 0.05) is 32.4 Å². The molecule has 21 heavy (non-hydrogen) atoms. The van der Waals surface area contributed by atoms with E-state index in [1.807, 2.05) is 0 Å². The molecule has 0 saturated carbocycles. The third kappa shape index (κ3) is 2.90. The predicted molar refractivity (Wildman–Crippen MR) is 80.5 cm³/mol. The molecule has 0 fully saturated rings. The Kier molecular flexibility index (Phi) is 4.56. The Balaban J connectivity index is 2.43. The number of nitrogens with zero attached hydrogens (tertiary/aromatic N) is 3. The molecule has 6 nitrogen and oxygen atoms in total. The van der Waals surface area contributed by atoms with Crippen LogP contribution in [0, 0.1) is 5.82 Å². The molecule has 0 unspecified atom stereocenters. The summed E-state index contributed by atoms with van der Waals surface area (Å²) in [6, 6.07) is 3.24. The molecule has 1 heterocycles. The fourth-order valence-corrected chi connectivity index (χ4v) is 2.37. The molecule has 1 aromatic heterocycles. The van der Waals surface area contributed by atoms with Crippen molar-refractivity contribution in [1.29, 1.82) is 0 Å². The molecule has 0 saturated heterocycles. The van der Waals surface area contributed by atoms with Crippen molar-refractivity contribution in [3.63, 3.8) is 0 Å². The first kappa shape index (κ1) is 15.4. The average Bonchev–Trinajstić information content (AvgIpc) is 2.81. The van der Waals surface area contributed by atoms with Crippen molar-refractivity contribution in [1.82, 2.24) is 15.1 Å². The molecule has 2 aromatic rings. The Morgan fingerprint density at radius 3 is 2.90 bits per heavy atom. The van der Waals surface area contributed by atoms with Crippen molar-refractivity contribution in [2.45, 2.75) is 6.42 Å². The number of carbonyl (C=O) groups excluding carboxylic acids is 2. The molecule has 2 rings (SSSR count). The minimum Gasteiger partial charge on any atom is -0.359 e. The van der Waals surface area contributed by atoms with Crippen LogP contribution >= 0.6 is 15.9 Å². The highest BCUT2D eigenvalue weighted by atomic mass is 79.9. The van der Waals surface area contributed by atoms with Crippen LogP contribution in [0.1, 0.15) is 6.42 Å². The van der Waals surface area contributed by atoms with Crippen LogP contribution in [-0.4, -0.2) is 35.7 Å². The monoisotopic (exact) mass is 356 g/mol. The second kappa shape index (κ2) is 6.21. The van der Waals surface area contributed by atoms with Gasteiger partial charge in [0.1, 0.15) is 5.52 Å². The van der Waals surface area contributed by atoms with Crippen molar-refractivity contribution < 1.29 is 14.0 Å². The number of carbonyl (C=O) groups is 2. The van der Waals surface area contributed by atoms with E-state index in [-0.39, 0.29) is 18.9 Å². The fourth-order valence-electron chi connectivity index (χ4n) is 2.05. The van der Waals surface area contributed by atoms with Gasteiger partial charge < -0.3 is 5.32 Å². The van der Waals surface area contributed by atoms with Gasteiger partial charge in [0.25, 0.3) is 0 Å². The molecule has 0 spiro atoms. The number of benzene rings is 1. The maximum absolute atomic E-state index is 14.1. The molecule has 1 N–H and O–H groups in total. The van der Waals surface area contributed by atoms with E-state index in [1.165, 1.54) is 16.6 Å². The van der Waals surface area contributed by atoms with Gasteiger partial charge in [-0.05, 0) is 28.1 Å². The molecule has 1 aromatic carbocycles. The number of anilines is 1. The number of rotatable bonds is 5. The normalized spacial score (nSPS) is 10.7. The number of hydrogen-bond acceptors (Lipinski definition) is 3. The van der Waals surface area contributed by atoms with Crippen LogP contribution in [0.2, 0.25) is 0 Å². The lowest BCUT2D eigenvalue weighted by atomic mass is 10.2. The Hall–Kier alpha value is -1.96. The summed E-state index contributed by atoms with van der Waals surface area (Å²) in [7, 11) is 3.12. The average molecular weight is 357 g/mol. The minimum absolute atomic E-state index is 0.145. The highest BCUT2D eigenvalue weighted by Crippen LogP contribution is 2.30. The molecule has 0 aliphatic heterocycles. The zero-order chi connectivity index (χ0) is 15.6. The van der Waals surface area contributed by atoms with Gasteiger partial charge >= 0.3 is 0 Å². The molecular formula is C13H14BrFN4O2. The number of fused-ring (bicyclic) bond motifs is 1. The van der Waals surface area contributed by atoms with E-state index in [1.54, 1.807) is 19.2 Å². The zero-order valence-corrected chi connectivity index (χ0v) is 13.1. The van der Waals surface area contributed by atoms with E-state index in [9.17, 15) is 14.0 Å². The summed E-state index contributed by atoms with van der Waals surface area (Å²) < 4.78 is 15.8. The number of aryl methyl sites for hydroxylation is 1. The maximum atomic E-state index is 14.1. The van der Waals surface area contributed by atoms with Gasteiger partial charge in [0.15, 0.2) is 11.6 Å². The Morgan fingerprint density at radius 1 is 1.57 bits per heavy atom. The molecule has 2 amide bonds. The molecule has 0 radical (unpaired) electrons. The topological polar surface area (TPSA) is 67.2 Å². The lowest BCUT2D eigenvalue weighted by molar-refractivity contribution is -0.120. The van der Waals surface area contributed by atoms with Gasteiger partial charge in [-0.2, -0.15) is 5.10 Å². The van der Waals surface area contributed by atoms with Crippen LogP contribution in [0.4, 0.5) is 10.2 Å². The first-order valence-corrected chi connectivity index (χ1v) is 7.02. The van der Waals surface area contributed by atoms with Crippen molar-refractivity contribution in [2.75, 3.05) is 18.5 Å². The lowest BCUT2D eigenvalue weighted by Crippen LogP contribution is -2.28. The zero-order valence-electron chi connectivity index (χ0n) is 11.6. The Morgan fingerprint density at radius 2 is 2.29 bits per heavy atom. The van der Waals surface area contributed by atoms with E-state index in [4.69, 9.17) is 0 Å². The maximum Gasteiger partial charge on any atom is 0.221 e. The third-order valence-electron chi connectivity index (χ3n) is 3.14. The molecule has 8 heteroatoms. The summed E-state index contributed by atoms with van der Waals surface area (Å²) in [4.78, 5) is 23.8. The summed E-state index contributed by atoms with van der Waals surface area (Å²) >= 11 is 3.12. The first-order valence-electron chi connectivity index (χ1n) is 6.22. The second-order valence-electron chi connectivity index (χ2n) is 4.43. The van der Waals surface area contributed by atoms with Crippen LogP contribution in [0.5, 0.6) is 0 Å². The standard InChI is InChI=1S/C13H14BrFN4O2/c1-16-10(21)5-6-19(7-20)13-8-3-4-9(14)11(15)12(8)18(2)17-13/h3-4,7H,5-6H2,1-2H3,(H,16,21). The van der Waals surface area contributed by atoms with Crippen molar-refractivity contribution in [3.8, 4) is 0 Å². The highest BCUT2D eigenvalue weighted by Gasteiger charge is 2.19. The van der Waals surface area contributed by atoms with Crippen LogP contribution in [0.15, 0.2) is 16.6 Å². The largest absolute Gasteiger partial charge is 0.359 e. The summed E-state index contributed by atoms with van der Waals surface area (Å²) in [6.45, 7) is 0.174. The lowest BCUT2D eigenvalue weighted by Gasteiger charge is -2.14. The SMILES string of the molecule is CNC(=O)CCN(C=O)c1nn(C)c2c(F)c(Br)ccc12. The minimum atomic E-state index is -0.439. The van der Waals surface area contributed by atoms with Crippen molar-refractivity contribution >= 4 is 45.0 Å². The fraction of sp³-hybridized carbons (Fsp3) is 0.308. The van der Waals surface area contributed by atoms with E-state index >= 15 is 0 Å². The van der Waals surface area contributed by atoms with Gasteiger partial charge in [0.05, 0.1) is 4.47 Å². The van der Waals surface area contributed by atoms with Crippen molar-refractivity contribution in [2.24, 2.45) is 7.05 Å². The van der Waals surface area contributed by atoms with E-state index in [2.05, 4.69) is 26.3 Å². The predicted octanol–water partition coefficient (Wildman–Crippen LogP) is 1.57. The van der Waals surface area contributed by atoms with Crippen LogP contribution in [-0.2, 0) is 16.6 Å². The summed E-state index contributed by atoms with van der Waals surface area (Å²) in [5.41, 5.74) is 0.297. The molecule has 0 aliphatic rings. The Bertz CT molecular complexity index is 701. The van der Waals surface area contributed by atoms with Gasteiger partial charge in [-0.15, -0.1) is 0 Å². The van der Waals surface area contributed by atoms with Crippen molar-refractivity contribution in [3.05, 3.63) is 22.4 Å². The third-order valence-corrected chi connectivity index (χ3v) is 3.75. The van der Waals surface area contributed by atoms with Gasteiger partial charge in [0.2, 0.25) is 12.3 Å². The summed E-state index contributed by atoms with van der Waals surface area (Å²) in [5, 5.41) is 7.18.